The fourth-order valence-electron chi connectivity index (χ4n) is 1.93. The molecule has 0 saturated heterocycles. The van der Waals surface area contributed by atoms with E-state index in [1.54, 1.807) is 11.9 Å². The first kappa shape index (κ1) is 14.1. The van der Waals surface area contributed by atoms with Crippen molar-refractivity contribution < 1.29 is 9.53 Å². The normalized spacial score (nSPS) is 10.4. The van der Waals surface area contributed by atoms with Gasteiger partial charge in [0.15, 0.2) is 0 Å². The Morgan fingerprint density at radius 3 is 2.40 bits per heavy atom. The van der Waals surface area contributed by atoms with Gasteiger partial charge in [0.1, 0.15) is 5.75 Å². The van der Waals surface area contributed by atoms with Gasteiger partial charge in [0.05, 0.1) is 6.10 Å². The van der Waals surface area contributed by atoms with Crippen molar-refractivity contribution in [3.63, 3.8) is 0 Å². The third kappa shape index (κ3) is 3.38. The summed E-state index contributed by atoms with van der Waals surface area (Å²) >= 11 is 0. The Hall–Kier alpha value is -2.29. The molecule has 1 amide bonds. The van der Waals surface area contributed by atoms with Crippen molar-refractivity contribution in [2.45, 2.75) is 20.0 Å². The molecule has 0 unspecified atom stereocenters. The van der Waals surface area contributed by atoms with E-state index in [9.17, 15) is 4.79 Å². The van der Waals surface area contributed by atoms with E-state index in [1.165, 1.54) is 0 Å². The van der Waals surface area contributed by atoms with Crippen LogP contribution in [0.2, 0.25) is 0 Å². The summed E-state index contributed by atoms with van der Waals surface area (Å²) in [6.07, 6.45) is 0.111. The molecule has 0 saturated carbocycles. The lowest BCUT2D eigenvalue weighted by Crippen LogP contribution is -2.26. The minimum atomic E-state index is -0.0349. The Morgan fingerprint density at radius 2 is 1.75 bits per heavy atom. The molecule has 0 radical (unpaired) electrons. The van der Waals surface area contributed by atoms with Crippen LogP contribution < -0.4 is 9.64 Å². The molecule has 0 aliphatic carbocycles. The summed E-state index contributed by atoms with van der Waals surface area (Å²) in [7, 11) is 1.77. The third-order valence-electron chi connectivity index (χ3n) is 2.90. The van der Waals surface area contributed by atoms with E-state index in [4.69, 9.17) is 4.74 Å². The maximum absolute atomic E-state index is 12.4. The summed E-state index contributed by atoms with van der Waals surface area (Å²) in [5.74, 6) is 0.734. The average molecular weight is 269 g/mol. The number of hydrogen-bond acceptors (Lipinski definition) is 2. The largest absolute Gasteiger partial charge is 0.491 e. The SMILES string of the molecule is CC(C)Oc1cccc(N(C)C(=O)c2ccccc2)c1. The molecule has 0 heterocycles. The Kier molecular flexibility index (Phi) is 4.41. The first-order valence-corrected chi connectivity index (χ1v) is 6.68. The van der Waals surface area contributed by atoms with Crippen molar-refractivity contribution in [3.05, 3.63) is 60.2 Å². The highest BCUT2D eigenvalue weighted by atomic mass is 16.5. The number of benzene rings is 2. The molecule has 0 aromatic heterocycles. The van der Waals surface area contributed by atoms with Gasteiger partial charge in [-0.3, -0.25) is 4.79 Å². The Balaban J connectivity index is 2.20. The van der Waals surface area contributed by atoms with Gasteiger partial charge < -0.3 is 9.64 Å². The summed E-state index contributed by atoms with van der Waals surface area (Å²) in [6.45, 7) is 3.96. The molecular formula is C17H19NO2. The third-order valence-corrected chi connectivity index (χ3v) is 2.90. The summed E-state index contributed by atoms with van der Waals surface area (Å²) < 4.78 is 5.65. The summed E-state index contributed by atoms with van der Waals surface area (Å²) in [4.78, 5) is 14.0. The van der Waals surface area contributed by atoms with Crippen molar-refractivity contribution in [3.8, 4) is 5.75 Å². The molecule has 2 rings (SSSR count). The van der Waals surface area contributed by atoms with Gasteiger partial charge >= 0.3 is 0 Å². The number of carbonyl (C=O) groups is 1. The van der Waals surface area contributed by atoms with Crippen LogP contribution in [-0.2, 0) is 0 Å². The van der Waals surface area contributed by atoms with Crippen LogP contribution in [0.1, 0.15) is 24.2 Å². The van der Waals surface area contributed by atoms with Crippen LogP contribution in [0.25, 0.3) is 0 Å². The number of anilines is 1. The van der Waals surface area contributed by atoms with Crippen LogP contribution in [-0.4, -0.2) is 19.1 Å². The van der Waals surface area contributed by atoms with Crippen molar-refractivity contribution >= 4 is 11.6 Å². The Bertz CT molecular complexity index is 579. The van der Waals surface area contributed by atoms with Crippen LogP contribution >= 0.6 is 0 Å². The molecular weight excluding hydrogens is 250 g/mol. The van der Waals surface area contributed by atoms with Crippen molar-refractivity contribution in [2.24, 2.45) is 0 Å². The van der Waals surface area contributed by atoms with E-state index < -0.39 is 0 Å². The van der Waals surface area contributed by atoms with Gasteiger partial charge in [-0.05, 0) is 38.1 Å². The highest BCUT2D eigenvalue weighted by Gasteiger charge is 2.13. The van der Waals surface area contributed by atoms with E-state index >= 15 is 0 Å². The van der Waals surface area contributed by atoms with Crippen LogP contribution in [0.5, 0.6) is 5.75 Å². The monoisotopic (exact) mass is 269 g/mol. The topological polar surface area (TPSA) is 29.5 Å². The molecule has 20 heavy (non-hydrogen) atoms. The molecule has 0 bridgehead atoms. The van der Waals surface area contributed by atoms with Gasteiger partial charge in [-0.2, -0.15) is 0 Å². The zero-order chi connectivity index (χ0) is 14.5. The average Bonchev–Trinajstić information content (AvgIpc) is 2.46. The zero-order valence-electron chi connectivity index (χ0n) is 12.0. The van der Waals surface area contributed by atoms with E-state index in [2.05, 4.69) is 0 Å². The second kappa shape index (κ2) is 6.24. The minimum absolute atomic E-state index is 0.0349. The number of hydrogen-bond donors (Lipinski definition) is 0. The smallest absolute Gasteiger partial charge is 0.258 e. The molecule has 0 aliphatic rings. The predicted molar refractivity (Wildman–Crippen MR) is 81.4 cm³/mol. The Labute approximate surface area is 119 Å². The fraction of sp³-hybridized carbons (Fsp3) is 0.235. The number of carbonyl (C=O) groups excluding carboxylic acids is 1. The number of nitrogens with zero attached hydrogens (tertiary/aromatic N) is 1. The molecule has 3 nitrogen and oxygen atoms in total. The van der Waals surface area contributed by atoms with E-state index in [-0.39, 0.29) is 12.0 Å². The summed E-state index contributed by atoms with van der Waals surface area (Å²) in [5, 5.41) is 0. The molecule has 0 fully saturated rings. The highest BCUT2D eigenvalue weighted by Crippen LogP contribution is 2.22. The lowest BCUT2D eigenvalue weighted by atomic mass is 10.2. The predicted octanol–water partition coefficient (Wildman–Crippen LogP) is 3.75. The molecule has 3 heteroatoms. The van der Waals surface area contributed by atoms with Crippen LogP contribution in [0.15, 0.2) is 54.6 Å². The lowest BCUT2D eigenvalue weighted by molar-refractivity contribution is 0.0993. The van der Waals surface area contributed by atoms with Gasteiger partial charge in [0, 0.05) is 24.4 Å². The van der Waals surface area contributed by atoms with Crippen molar-refractivity contribution in [2.75, 3.05) is 11.9 Å². The maximum Gasteiger partial charge on any atom is 0.258 e. The fourth-order valence-corrected chi connectivity index (χ4v) is 1.93. The molecule has 104 valence electrons. The van der Waals surface area contributed by atoms with Crippen molar-refractivity contribution in [1.82, 2.24) is 0 Å². The molecule has 0 spiro atoms. The number of rotatable bonds is 4. The molecule has 0 atom stereocenters. The van der Waals surface area contributed by atoms with E-state index in [1.807, 2.05) is 68.4 Å². The number of ether oxygens (including phenoxy) is 1. The quantitative estimate of drug-likeness (QED) is 0.846. The number of amides is 1. The zero-order valence-corrected chi connectivity index (χ0v) is 12.0. The maximum atomic E-state index is 12.4. The van der Waals surface area contributed by atoms with Gasteiger partial charge in [-0.25, -0.2) is 0 Å². The van der Waals surface area contributed by atoms with Crippen LogP contribution in [0.3, 0.4) is 0 Å². The summed E-state index contributed by atoms with van der Waals surface area (Å²) in [6, 6.07) is 16.8. The molecule has 0 N–H and O–H groups in total. The Morgan fingerprint density at radius 1 is 1.05 bits per heavy atom. The summed E-state index contributed by atoms with van der Waals surface area (Å²) in [5.41, 5.74) is 1.49. The van der Waals surface area contributed by atoms with Gasteiger partial charge in [0.25, 0.3) is 5.91 Å². The standard InChI is InChI=1S/C17H19NO2/c1-13(2)20-16-11-7-10-15(12-16)18(3)17(19)14-8-5-4-6-9-14/h4-13H,1-3H3. The highest BCUT2D eigenvalue weighted by molar-refractivity contribution is 6.05. The van der Waals surface area contributed by atoms with Gasteiger partial charge in [0.2, 0.25) is 0 Å². The molecule has 2 aromatic rings. The van der Waals surface area contributed by atoms with E-state index in [0.29, 0.717) is 5.56 Å². The van der Waals surface area contributed by atoms with Crippen molar-refractivity contribution in [1.29, 1.82) is 0 Å². The van der Waals surface area contributed by atoms with Gasteiger partial charge in [-0.15, -0.1) is 0 Å². The first-order valence-electron chi connectivity index (χ1n) is 6.68. The molecule has 0 aliphatic heterocycles. The first-order chi connectivity index (χ1) is 9.58. The van der Waals surface area contributed by atoms with Crippen LogP contribution in [0.4, 0.5) is 5.69 Å². The minimum Gasteiger partial charge on any atom is -0.491 e. The lowest BCUT2D eigenvalue weighted by Gasteiger charge is -2.19. The van der Waals surface area contributed by atoms with Gasteiger partial charge in [-0.1, -0.05) is 24.3 Å². The second-order valence-electron chi connectivity index (χ2n) is 4.89. The molecule has 2 aromatic carbocycles. The van der Waals surface area contributed by atoms with Crippen LogP contribution in [0, 0.1) is 0 Å². The second-order valence-corrected chi connectivity index (χ2v) is 4.89. The van der Waals surface area contributed by atoms with E-state index in [0.717, 1.165) is 11.4 Å².